The van der Waals surface area contributed by atoms with Crippen LogP contribution in [0.15, 0.2) is 46.4 Å². The predicted molar refractivity (Wildman–Crippen MR) is 104 cm³/mol. The normalized spacial score (nSPS) is 15.7. The van der Waals surface area contributed by atoms with E-state index in [1.54, 1.807) is 24.3 Å². The topological polar surface area (TPSA) is 61.8 Å². The third kappa shape index (κ3) is 4.54. The summed E-state index contributed by atoms with van der Waals surface area (Å²) in [5.74, 6) is -3.11. The molecule has 8 heteroatoms. The van der Waals surface area contributed by atoms with E-state index in [9.17, 15) is 14.0 Å². The van der Waals surface area contributed by atoms with Gasteiger partial charge in [0.05, 0.1) is 5.02 Å². The first-order chi connectivity index (χ1) is 13.2. The van der Waals surface area contributed by atoms with Crippen molar-refractivity contribution in [2.24, 2.45) is 0 Å². The van der Waals surface area contributed by atoms with E-state index in [-0.39, 0.29) is 22.8 Å². The number of halogens is 3. The van der Waals surface area contributed by atoms with Gasteiger partial charge in [-0.15, -0.1) is 0 Å². The molecule has 1 heterocycles. The molecule has 3 rings (SSSR count). The summed E-state index contributed by atoms with van der Waals surface area (Å²) in [4.78, 5) is 24.4. The lowest BCUT2D eigenvalue weighted by molar-refractivity contribution is -0.222. The van der Waals surface area contributed by atoms with Gasteiger partial charge in [0.15, 0.2) is 0 Å². The summed E-state index contributed by atoms with van der Waals surface area (Å²) in [6.07, 6.45) is 1.31. The highest BCUT2D eigenvalue weighted by Crippen LogP contribution is 2.30. The van der Waals surface area contributed by atoms with Crippen LogP contribution >= 0.6 is 27.5 Å². The lowest BCUT2D eigenvalue weighted by Gasteiger charge is -2.29. The highest BCUT2D eigenvalue weighted by Gasteiger charge is 2.39. The Balaban J connectivity index is 1.91. The van der Waals surface area contributed by atoms with Gasteiger partial charge in [-0.1, -0.05) is 33.6 Å². The summed E-state index contributed by atoms with van der Waals surface area (Å²) in [7, 11) is 0. The molecule has 2 aromatic rings. The molecule has 1 saturated heterocycles. The van der Waals surface area contributed by atoms with Crippen LogP contribution in [0.4, 0.5) is 4.39 Å². The van der Waals surface area contributed by atoms with Gasteiger partial charge in [0, 0.05) is 29.4 Å². The summed E-state index contributed by atoms with van der Waals surface area (Å²) < 4.78 is 30.5. The Bertz CT molecular complexity index is 944. The second-order valence-electron chi connectivity index (χ2n) is 6.41. The molecule has 0 saturated carbocycles. The Morgan fingerprint density at radius 3 is 2.50 bits per heavy atom. The third-order valence-electron chi connectivity index (χ3n) is 3.82. The molecule has 5 nitrogen and oxygen atoms in total. The molecule has 1 fully saturated rings. The van der Waals surface area contributed by atoms with Crippen molar-refractivity contribution >= 4 is 45.5 Å². The first kappa shape index (κ1) is 20.4. The lowest BCUT2D eigenvalue weighted by Crippen LogP contribution is -2.41. The molecule has 0 aromatic heterocycles. The van der Waals surface area contributed by atoms with Gasteiger partial charge in [0.25, 0.3) is 5.79 Å². The summed E-state index contributed by atoms with van der Waals surface area (Å²) in [5.41, 5.74) is 0.334. The fraction of sp³-hybridized carbons (Fsp3) is 0.200. The first-order valence-corrected chi connectivity index (χ1v) is 9.37. The third-order valence-corrected chi connectivity index (χ3v) is 4.67. The van der Waals surface area contributed by atoms with E-state index in [1.165, 1.54) is 32.1 Å². The number of hydrogen-bond donors (Lipinski definition) is 0. The first-order valence-electron chi connectivity index (χ1n) is 8.20. The van der Waals surface area contributed by atoms with E-state index in [1.807, 2.05) is 0 Å². The number of rotatable bonds is 4. The molecule has 0 spiro atoms. The number of carbonyl (C=O) groups is 2. The zero-order valence-corrected chi connectivity index (χ0v) is 17.3. The Hall–Kier alpha value is -2.38. The van der Waals surface area contributed by atoms with E-state index in [0.717, 1.165) is 0 Å². The predicted octanol–water partition coefficient (Wildman–Crippen LogP) is 5.04. The van der Waals surface area contributed by atoms with Gasteiger partial charge in [0.1, 0.15) is 23.7 Å². The fourth-order valence-corrected chi connectivity index (χ4v) is 3.11. The van der Waals surface area contributed by atoms with Crippen molar-refractivity contribution in [3.63, 3.8) is 0 Å². The van der Waals surface area contributed by atoms with Gasteiger partial charge in [-0.05, 0) is 36.4 Å². The van der Waals surface area contributed by atoms with Crippen molar-refractivity contribution in [2.45, 2.75) is 26.2 Å². The summed E-state index contributed by atoms with van der Waals surface area (Å²) in [5, 5.41) is 0.235. The maximum Gasteiger partial charge on any atom is 0.348 e. The lowest BCUT2D eigenvalue weighted by atomic mass is 10.1. The van der Waals surface area contributed by atoms with Crippen LogP contribution in [0.1, 0.15) is 25.0 Å². The van der Waals surface area contributed by atoms with E-state index in [4.69, 9.17) is 25.8 Å². The van der Waals surface area contributed by atoms with Gasteiger partial charge >= 0.3 is 11.9 Å². The van der Waals surface area contributed by atoms with Crippen LogP contribution < -0.4 is 4.74 Å². The average Bonchev–Trinajstić information content (AvgIpc) is 2.58. The highest BCUT2D eigenvalue weighted by atomic mass is 79.9. The largest absolute Gasteiger partial charge is 0.488 e. The van der Waals surface area contributed by atoms with Crippen molar-refractivity contribution in [1.29, 1.82) is 0 Å². The zero-order chi connectivity index (χ0) is 20.5. The highest BCUT2D eigenvalue weighted by molar-refractivity contribution is 9.10. The second kappa shape index (κ2) is 7.93. The molecule has 0 amide bonds. The molecule has 0 atom stereocenters. The monoisotopic (exact) mass is 468 g/mol. The van der Waals surface area contributed by atoms with Crippen molar-refractivity contribution < 1.29 is 28.2 Å². The van der Waals surface area contributed by atoms with Crippen molar-refractivity contribution in [3.8, 4) is 5.75 Å². The fourth-order valence-electron chi connectivity index (χ4n) is 2.52. The molecule has 0 unspecified atom stereocenters. The van der Waals surface area contributed by atoms with Crippen LogP contribution in [-0.2, 0) is 25.7 Å². The van der Waals surface area contributed by atoms with Crippen LogP contribution in [0.2, 0.25) is 5.02 Å². The molecule has 0 aliphatic carbocycles. The average molecular weight is 470 g/mol. The minimum absolute atomic E-state index is 0.134. The van der Waals surface area contributed by atoms with Gasteiger partial charge in [-0.25, -0.2) is 14.0 Å². The number of cyclic esters (lactones) is 2. The van der Waals surface area contributed by atoms with E-state index in [2.05, 4.69) is 15.9 Å². The smallest absolute Gasteiger partial charge is 0.348 e. The van der Waals surface area contributed by atoms with E-state index in [0.29, 0.717) is 15.8 Å². The quantitative estimate of drug-likeness (QED) is 0.357. The standard InChI is InChI=1S/C20H15BrClFO5/c1-20(2)27-18(24)13(19(25)28-20)9-11-8-12(21)6-7-17(11)26-10-14-15(22)4-3-5-16(14)23/h3-9H,10H2,1-2H3. The molecular formula is C20H15BrClFO5. The summed E-state index contributed by atoms with van der Waals surface area (Å²) >= 11 is 9.35. The number of ether oxygens (including phenoxy) is 3. The minimum Gasteiger partial charge on any atom is -0.488 e. The number of carbonyl (C=O) groups excluding carboxylic acids is 2. The van der Waals surface area contributed by atoms with E-state index >= 15 is 0 Å². The Morgan fingerprint density at radius 1 is 1.18 bits per heavy atom. The molecule has 1 aliphatic rings. The second-order valence-corrected chi connectivity index (χ2v) is 7.73. The molecule has 0 radical (unpaired) electrons. The summed E-state index contributed by atoms with van der Waals surface area (Å²) in [6.45, 7) is 2.79. The maximum atomic E-state index is 14.0. The van der Waals surface area contributed by atoms with Gasteiger partial charge in [0.2, 0.25) is 0 Å². The SMILES string of the molecule is CC1(C)OC(=O)C(=Cc2cc(Br)ccc2OCc2c(F)cccc2Cl)C(=O)O1. The van der Waals surface area contributed by atoms with E-state index < -0.39 is 23.5 Å². The molecule has 146 valence electrons. The summed E-state index contributed by atoms with van der Waals surface area (Å²) in [6, 6.07) is 9.31. The van der Waals surface area contributed by atoms with Crippen LogP contribution in [0.3, 0.4) is 0 Å². The van der Waals surface area contributed by atoms with Crippen molar-refractivity contribution in [2.75, 3.05) is 0 Å². The van der Waals surface area contributed by atoms with Crippen LogP contribution in [0.25, 0.3) is 6.08 Å². The number of esters is 2. The molecule has 28 heavy (non-hydrogen) atoms. The van der Waals surface area contributed by atoms with Crippen molar-refractivity contribution in [3.05, 3.63) is 68.4 Å². The number of benzene rings is 2. The Morgan fingerprint density at radius 2 is 1.86 bits per heavy atom. The molecule has 0 bridgehead atoms. The van der Waals surface area contributed by atoms with Crippen LogP contribution in [0, 0.1) is 5.82 Å². The molecular weight excluding hydrogens is 455 g/mol. The molecule has 2 aromatic carbocycles. The van der Waals surface area contributed by atoms with Gasteiger partial charge < -0.3 is 14.2 Å². The van der Waals surface area contributed by atoms with Crippen LogP contribution in [-0.4, -0.2) is 17.7 Å². The molecule has 1 aliphatic heterocycles. The van der Waals surface area contributed by atoms with Gasteiger partial charge in [-0.3, -0.25) is 0 Å². The number of hydrogen-bond acceptors (Lipinski definition) is 5. The Labute approximate surface area is 174 Å². The maximum absolute atomic E-state index is 14.0. The van der Waals surface area contributed by atoms with Crippen LogP contribution in [0.5, 0.6) is 5.75 Å². The van der Waals surface area contributed by atoms with Crippen molar-refractivity contribution in [1.82, 2.24) is 0 Å². The Kier molecular flexibility index (Phi) is 5.76. The zero-order valence-electron chi connectivity index (χ0n) is 14.9. The minimum atomic E-state index is -1.33. The van der Waals surface area contributed by atoms with Gasteiger partial charge in [-0.2, -0.15) is 0 Å². The molecule has 0 N–H and O–H groups in total.